The molecule has 3 nitrogen and oxygen atoms in total. The Kier molecular flexibility index (Phi) is 4.19. The third-order valence-electron chi connectivity index (χ3n) is 3.10. The van der Waals surface area contributed by atoms with Gasteiger partial charge < -0.3 is 15.2 Å². The number of ether oxygens (including phenoxy) is 2. The van der Waals surface area contributed by atoms with Crippen LogP contribution in [0, 0.1) is 0 Å². The molecule has 1 heterocycles. The van der Waals surface area contributed by atoms with E-state index in [4.69, 9.17) is 27.4 Å². The normalized spacial score (nSPS) is 27.8. The number of nitrogens with two attached hydrogens (primary N) is 1. The van der Waals surface area contributed by atoms with Gasteiger partial charge >= 0.3 is 0 Å². The van der Waals surface area contributed by atoms with Crippen LogP contribution in [-0.4, -0.2) is 23.3 Å². The zero-order chi connectivity index (χ0) is 13.1. The minimum Gasteiger partial charge on any atom is -0.490 e. The molecule has 2 unspecified atom stereocenters. The summed E-state index contributed by atoms with van der Waals surface area (Å²) in [6, 6.07) is 7.62. The maximum absolute atomic E-state index is 5.97. The van der Waals surface area contributed by atoms with E-state index in [1.54, 1.807) is 0 Å². The lowest BCUT2D eigenvalue weighted by Crippen LogP contribution is -2.35. The van der Waals surface area contributed by atoms with Crippen LogP contribution in [-0.2, 0) is 4.74 Å². The highest BCUT2D eigenvalue weighted by molar-refractivity contribution is 7.80. The topological polar surface area (TPSA) is 44.5 Å². The van der Waals surface area contributed by atoms with Gasteiger partial charge in [-0.1, -0.05) is 12.2 Å². The predicted octanol–water partition coefficient (Wildman–Crippen LogP) is 2.66. The number of rotatable bonds is 3. The van der Waals surface area contributed by atoms with Crippen LogP contribution in [0.4, 0.5) is 0 Å². The van der Waals surface area contributed by atoms with E-state index >= 15 is 0 Å². The monoisotopic (exact) mass is 265 g/mol. The average molecular weight is 265 g/mol. The van der Waals surface area contributed by atoms with Crippen LogP contribution in [0.15, 0.2) is 24.3 Å². The van der Waals surface area contributed by atoms with Crippen molar-refractivity contribution in [2.24, 2.45) is 5.73 Å². The summed E-state index contributed by atoms with van der Waals surface area (Å²) in [7, 11) is 0. The Morgan fingerprint density at radius 3 is 2.28 bits per heavy atom. The highest BCUT2D eigenvalue weighted by Crippen LogP contribution is 2.24. The molecule has 0 amide bonds. The van der Waals surface area contributed by atoms with E-state index in [9.17, 15) is 0 Å². The van der Waals surface area contributed by atoms with E-state index in [0.29, 0.717) is 4.99 Å². The summed E-state index contributed by atoms with van der Waals surface area (Å²) in [5.41, 5.74) is 6.43. The van der Waals surface area contributed by atoms with Crippen LogP contribution in [0.1, 0.15) is 32.3 Å². The van der Waals surface area contributed by atoms with E-state index in [1.807, 2.05) is 24.3 Å². The van der Waals surface area contributed by atoms with Crippen molar-refractivity contribution in [3.05, 3.63) is 29.8 Å². The second kappa shape index (κ2) is 5.67. The van der Waals surface area contributed by atoms with E-state index in [2.05, 4.69) is 13.8 Å². The van der Waals surface area contributed by atoms with Gasteiger partial charge in [-0.15, -0.1) is 0 Å². The van der Waals surface area contributed by atoms with Crippen molar-refractivity contribution in [1.29, 1.82) is 0 Å². The smallest absolute Gasteiger partial charge is 0.119 e. The van der Waals surface area contributed by atoms with Crippen molar-refractivity contribution in [1.82, 2.24) is 0 Å². The van der Waals surface area contributed by atoms with Crippen molar-refractivity contribution in [2.75, 3.05) is 0 Å². The molecule has 4 heteroatoms. The standard InChI is InChI=1S/C14H19NO2S/c1-9-7-13(8-10(2)16-9)17-12-5-3-11(4-6-12)14(15)18/h3-6,9-10,13H,7-8H2,1-2H3,(H2,15,18). The Balaban J connectivity index is 1.98. The van der Waals surface area contributed by atoms with Crippen molar-refractivity contribution >= 4 is 17.2 Å². The number of hydrogen-bond acceptors (Lipinski definition) is 3. The Morgan fingerprint density at radius 2 is 1.78 bits per heavy atom. The summed E-state index contributed by atoms with van der Waals surface area (Å²) in [5.74, 6) is 0.862. The molecule has 2 atom stereocenters. The second-order valence-electron chi connectivity index (χ2n) is 4.86. The van der Waals surface area contributed by atoms with E-state index in [0.717, 1.165) is 24.2 Å². The van der Waals surface area contributed by atoms with Crippen LogP contribution in [0.5, 0.6) is 5.75 Å². The molecule has 0 aliphatic carbocycles. The molecule has 1 aliphatic rings. The first-order chi connectivity index (χ1) is 8.54. The molecule has 0 bridgehead atoms. The van der Waals surface area contributed by atoms with Crippen LogP contribution >= 0.6 is 12.2 Å². The third-order valence-corrected chi connectivity index (χ3v) is 3.33. The van der Waals surface area contributed by atoms with Crippen molar-refractivity contribution in [3.63, 3.8) is 0 Å². The van der Waals surface area contributed by atoms with Crippen LogP contribution < -0.4 is 10.5 Å². The fourth-order valence-corrected chi connectivity index (χ4v) is 2.47. The molecular formula is C14H19NO2S. The van der Waals surface area contributed by atoms with Crippen LogP contribution in [0.3, 0.4) is 0 Å². The molecular weight excluding hydrogens is 246 g/mol. The van der Waals surface area contributed by atoms with Gasteiger partial charge in [-0.05, 0) is 38.1 Å². The molecule has 1 aromatic carbocycles. The average Bonchev–Trinajstić information content (AvgIpc) is 2.28. The molecule has 18 heavy (non-hydrogen) atoms. The largest absolute Gasteiger partial charge is 0.490 e. The molecule has 2 rings (SSSR count). The molecule has 0 spiro atoms. The van der Waals surface area contributed by atoms with E-state index in [1.165, 1.54) is 0 Å². The number of hydrogen-bond donors (Lipinski definition) is 1. The quantitative estimate of drug-likeness (QED) is 0.853. The van der Waals surface area contributed by atoms with Gasteiger partial charge in [0.05, 0.1) is 12.2 Å². The highest BCUT2D eigenvalue weighted by atomic mass is 32.1. The number of benzene rings is 1. The van der Waals surface area contributed by atoms with Crippen LogP contribution in [0.25, 0.3) is 0 Å². The van der Waals surface area contributed by atoms with Crippen LogP contribution in [0.2, 0.25) is 0 Å². The Morgan fingerprint density at radius 1 is 1.22 bits per heavy atom. The molecule has 1 saturated heterocycles. The maximum Gasteiger partial charge on any atom is 0.119 e. The maximum atomic E-state index is 5.97. The van der Waals surface area contributed by atoms with Gasteiger partial charge in [0.2, 0.25) is 0 Å². The minimum atomic E-state index is 0.222. The van der Waals surface area contributed by atoms with Gasteiger partial charge in [0.25, 0.3) is 0 Å². The van der Waals surface area contributed by atoms with Gasteiger partial charge in [-0.2, -0.15) is 0 Å². The first-order valence-corrected chi connectivity index (χ1v) is 6.67. The minimum absolute atomic E-state index is 0.222. The second-order valence-corrected chi connectivity index (χ2v) is 5.30. The molecule has 0 aromatic heterocycles. The lowest BCUT2D eigenvalue weighted by atomic mass is 10.0. The summed E-state index contributed by atoms with van der Waals surface area (Å²) in [6.45, 7) is 4.17. The van der Waals surface area contributed by atoms with Gasteiger partial charge in [0.1, 0.15) is 16.8 Å². The number of thiocarbonyl (C=S) groups is 1. The SMILES string of the molecule is CC1CC(Oc2ccc(C(N)=S)cc2)CC(C)O1. The molecule has 0 saturated carbocycles. The fourth-order valence-electron chi connectivity index (χ4n) is 2.33. The molecule has 1 aliphatic heterocycles. The molecule has 1 fully saturated rings. The highest BCUT2D eigenvalue weighted by Gasteiger charge is 2.25. The van der Waals surface area contributed by atoms with Gasteiger partial charge in [0.15, 0.2) is 0 Å². The fraction of sp³-hybridized carbons (Fsp3) is 0.500. The lowest BCUT2D eigenvalue weighted by molar-refractivity contribution is -0.0721. The molecule has 98 valence electrons. The third kappa shape index (κ3) is 3.43. The first-order valence-electron chi connectivity index (χ1n) is 6.26. The predicted molar refractivity (Wildman–Crippen MR) is 76.0 cm³/mol. The van der Waals surface area contributed by atoms with Gasteiger partial charge in [-0.3, -0.25) is 0 Å². The van der Waals surface area contributed by atoms with Gasteiger partial charge in [-0.25, -0.2) is 0 Å². The summed E-state index contributed by atoms with van der Waals surface area (Å²) in [4.78, 5) is 0.412. The zero-order valence-electron chi connectivity index (χ0n) is 10.8. The summed E-state index contributed by atoms with van der Waals surface area (Å²) < 4.78 is 11.7. The van der Waals surface area contributed by atoms with E-state index in [-0.39, 0.29) is 18.3 Å². The Hall–Kier alpha value is -1.13. The van der Waals surface area contributed by atoms with Crippen molar-refractivity contribution in [3.8, 4) is 5.75 Å². The summed E-state index contributed by atoms with van der Waals surface area (Å²) >= 11 is 4.92. The van der Waals surface area contributed by atoms with Gasteiger partial charge in [0, 0.05) is 18.4 Å². The van der Waals surface area contributed by atoms with Crippen molar-refractivity contribution < 1.29 is 9.47 Å². The van der Waals surface area contributed by atoms with Crippen molar-refractivity contribution in [2.45, 2.75) is 45.0 Å². The lowest BCUT2D eigenvalue weighted by Gasteiger charge is -2.32. The molecule has 2 N–H and O–H groups in total. The Bertz CT molecular complexity index is 408. The van der Waals surface area contributed by atoms with E-state index < -0.39 is 0 Å². The first kappa shape index (κ1) is 13.3. The molecule has 0 radical (unpaired) electrons. The zero-order valence-corrected chi connectivity index (χ0v) is 11.6. The molecule has 1 aromatic rings. The Labute approximate surface area is 113 Å². The summed E-state index contributed by atoms with van der Waals surface area (Å²) in [5, 5.41) is 0. The summed E-state index contributed by atoms with van der Waals surface area (Å²) in [6.07, 6.45) is 2.60.